The Labute approximate surface area is 177 Å². The van der Waals surface area contributed by atoms with Gasteiger partial charge in [0.25, 0.3) is 0 Å². The number of anilines is 1. The van der Waals surface area contributed by atoms with Crippen LogP contribution in [0.15, 0.2) is 59.8 Å². The molecule has 0 saturated carbocycles. The number of nitrogen functional groups attached to an aromatic ring is 1. The van der Waals surface area contributed by atoms with Crippen molar-refractivity contribution >= 4 is 23.4 Å². The van der Waals surface area contributed by atoms with Crippen LogP contribution in [0.1, 0.15) is 11.1 Å². The van der Waals surface area contributed by atoms with Crippen LogP contribution in [0.5, 0.6) is 0 Å². The molecule has 152 valence electrons. The molecule has 9 heteroatoms. The first-order valence-electron chi connectivity index (χ1n) is 9.33. The third-order valence-electron chi connectivity index (χ3n) is 4.54. The predicted octanol–water partition coefficient (Wildman–Crippen LogP) is 3.40. The zero-order chi connectivity index (χ0) is 21.1. The summed E-state index contributed by atoms with van der Waals surface area (Å²) in [6.45, 7) is 3.98. The highest BCUT2D eigenvalue weighted by Gasteiger charge is 2.16. The van der Waals surface area contributed by atoms with E-state index in [2.05, 4.69) is 25.7 Å². The highest BCUT2D eigenvalue weighted by atomic mass is 32.2. The van der Waals surface area contributed by atoms with E-state index in [-0.39, 0.29) is 11.7 Å². The number of thioether (sulfide) groups is 1. The number of aromatic nitrogens is 5. The molecule has 4 rings (SSSR count). The van der Waals surface area contributed by atoms with Gasteiger partial charge in [0.15, 0.2) is 0 Å². The molecule has 2 heterocycles. The lowest BCUT2D eigenvalue weighted by Crippen LogP contribution is -2.17. The molecular weight excluding hydrogens is 398 g/mol. The fourth-order valence-electron chi connectivity index (χ4n) is 3.02. The average molecular weight is 420 g/mol. The van der Waals surface area contributed by atoms with Crippen LogP contribution in [0.4, 0.5) is 5.69 Å². The largest absolute Gasteiger partial charge is 0.335 e. The van der Waals surface area contributed by atoms with E-state index >= 15 is 0 Å². The van der Waals surface area contributed by atoms with E-state index in [0.29, 0.717) is 16.7 Å². The molecule has 2 aromatic carbocycles. The number of aromatic amines is 1. The maximum Gasteiger partial charge on any atom is 0.234 e. The number of H-pyrrole nitrogens is 1. The summed E-state index contributed by atoms with van der Waals surface area (Å²) in [4.78, 5) is 12.3. The van der Waals surface area contributed by atoms with Crippen molar-refractivity contribution in [3.63, 3.8) is 0 Å². The summed E-state index contributed by atoms with van der Waals surface area (Å²) < 4.78 is 1.36. The van der Waals surface area contributed by atoms with Gasteiger partial charge >= 0.3 is 0 Å². The van der Waals surface area contributed by atoms with Crippen LogP contribution in [0.2, 0.25) is 0 Å². The molecule has 0 bridgehead atoms. The van der Waals surface area contributed by atoms with Crippen molar-refractivity contribution in [2.24, 2.45) is 0 Å². The Hall–Kier alpha value is -3.59. The molecule has 0 radical (unpaired) electrons. The molecule has 4 N–H and O–H groups in total. The molecule has 4 aromatic rings. The maximum atomic E-state index is 12.3. The number of hydrogen-bond acceptors (Lipinski definition) is 6. The summed E-state index contributed by atoms with van der Waals surface area (Å²) >= 11 is 1.22. The number of nitrogens with zero attached hydrogens (tertiary/aromatic N) is 4. The summed E-state index contributed by atoms with van der Waals surface area (Å²) in [6.07, 6.45) is 0. The molecule has 0 spiro atoms. The van der Waals surface area contributed by atoms with Crippen LogP contribution >= 0.6 is 11.8 Å². The number of benzene rings is 2. The Kier molecular flexibility index (Phi) is 5.53. The lowest BCUT2D eigenvalue weighted by molar-refractivity contribution is -0.113. The summed E-state index contributed by atoms with van der Waals surface area (Å²) in [7, 11) is 0. The topological polar surface area (TPSA) is 115 Å². The number of nitrogens with two attached hydrogens (primary N) is 1. The van der Waals surface area contributed by atoms with Crippen molar-refractivity contribution in [1.29, 1.82) is 0 Å². The molecule has 8 nitrogen and oxygen atoms in total. The van der Waals surface area contributed by atoms with E-state index in [1.807, 2.05) is 68.4 Å². The zero-order valence-corrected chi connectivity index (χ0v) is 17.4. The van der Waals surface area contributed by atoms with E-state index in [1.165, 1.54) is 16.4 Å². The van der Waals surface area contributed by atoms with Crippen LogP contribution in [0.3, 0.4) is 0 Å². The first kappa shape index (κ1) is 19.7. The minimum absolute atomic E-state index is 0.135. The van der Waals surface area contributed by atoms with Gasteiger partial charge in [0.05, 0.1) is 11.4 Å². The highest BCUT2D eigenvalue weighted by Crippen LogP contribution is 2.24. The van der Waals surface area contributed by atoms with E-state index in [4.69, 9.17) is 5.84 Å². The van der Waals surface area contributed by atoms with Crippen LogP contribution in [-0.2, 0) is 4.79 Å². The average Bonchev–Trinajstić information content (AvgIpc) is 3.36. The van der Waals surface area contributed by atoms with Crippen LogP contribution in [-0.4, -0.2) is 36.7 Å². The van der Waals surface area contributed by atoms with Gasteiger partial charge in [-0.05, 0) is 31.5 Å². The minimum atomic E-state index is -0.135. The monoisotopic (exact) mass is 419 g/mol. The lowest BCUT2D eigenvalue weighted by Gasteiger charge is -2.08. The van der Waals surface area contributed by atoms with Gasteiger partial charge in [-0.1, -0.05) is 59.8 Å². The van der Waals surface area contributed by atoms with Crippen molar-refractivity contribution in [2.75, 3.05) is 16.9 Å². The normalized spacial score (nSPS) is 10.9. The van der Waals surface area contributed by atoms with Gasteiger partial charge in [-0.25, -0.2) is 4.68 Å². The molecular formula is C21H21N7OS. The van der Waals surface area contributed by atoms with E-state index in [9.17, 15) is 4.79 Å². The van der Waals surface area contributed by atoms with Crippen LogP contribution in [0, 0.1) is 13.8 Å². The lowest BCUT2D eigenvalue weighted by atomic mass is 10.1. The standard InChI is InChI=1S/C21H21N7OS/c1-13-8-9-16(14(2)10-13)23-19(29)12-30-21-27-26-20(28(21)22)18-11-17(24-25-18)15-6-4-3-5-7-15/h3-11H,12,22H2,1-2H3,(H,23,29)(H,24,25). The van der Waals surface area contributed by atoms with Crippen molar-refractivity contribution in [3.05, 3.63) is 65.7 Å². The van der Waals surface area contributed by atoms with Crippen molar-refractivity contribution in [3.8, 4) is 22.8 Å². The fourth-order valence-corrected chi connectivity index (χ4v) is 3.68. The third-order valence-corrected chi connectivity index (χ3v) is 5.48. The van der Waals surface area contributed by atoms with Crippen LogP contribution < -0.4 is 11.2 Å². The van der Waals surface area contributed by atoms with Crippen LogP contribution in [0.25, 0.3) is 22.8 Å². The Balaban J connectivity index is 1.42. The smallest absolute Gasteiger partial charge is 0.234 e. The Morgan fingerprint density at radius 1 is 1.13 bits per heavy atom. The van der Waals surface area contributed by atoms with Crippen molar-refractivity contribution in [2.45, 2.75) is 19.0 Å². The summed E-state index contributed by atoms with van der Waals surface area (Å²) in [5.41, 5.74) is 5.39. The summed E-state index contributed by atoms with van der Waals surface area (Å²) in [5, 5.41) is 18.9. The number of carbonyl (C=O) groups excluding carboxylic acids is 1. The van der Waals surface area contributed by atoms with Gasteiger partial charge in [-0.15, -0.1) is 10.2 Å². The van der Waals surface area contributed by atoms with Crippen molar-refractivity contribution < 1.29 is 4.79 Å². The predicted molar refractivity (Wildman–Crippen MR) is 118 cm³/mol. The van der Waals surface area contributed by atoms with Gasteiger partial charge in [0.1, 0.15) is 5.69 Å². The summed E-state index contributed by atoms with van der Waals surface area (Å²) in [6, 6.07) is 17.6. The molecule has 0 aliphatic carbocycles. The number of amides is 1. The molecule has 1 amide bonds. The van der Waals surface area contributed by atoms with E-state index in [1.54, 1.807) is 0 Å². The van der Waals surface area contributed by atoms with Gasteiger partial charge in [-0.3, -0.25) is 9.89 Å². The second-order valence-corrected chi connectivity index (χ2v) is 7.81. The number of nitrogens with one attached hydrogen (secondary N) is 2. The molecule has 0 saturated heterocycles. The molecule has 2 aromatic heterocycles. The molecule has 0 unspecified atom stereocenters. The second kappa shape index (κ2) is 8.42. The van der Waals surface area contributed by atoms with E-state index in [0.717, 1.165) is 28.1 Å². The second-order valence-electron chi connectivity index (χ2n) is 6.86. The fraction of sp³-hybridized carbons (Fsp3) is 0.143. The first-order valence-corrected chi connectivity index (χ1v) is 10.3. The summed E-state index contributed by atoms with van der Waals surface area (Å²) in [5.74, 6) is 6.63. The first-order chi connectivity index (χ1) is 14.5. The van der Waals surface area contributed by atoms with Gasteiger partial charge < -0.3 is 11.2 Å². The molecule has 30 heavy (non-hydrogen) atoms. The Morgan fingerprint density at radius 3 is 2.70 bits per heavy atom. The number of carbonyl (C=O) groups is 1. The molecule has 0 aliphatic rings. The number of rotatable bonds is 6. The SMILES string of the molecule is Cc1ccc(NC(=O)CSc2nnc(-c3cc(-c4ccccc4)n[nH]3)n2N)c(C)c1. The van der Waals surface area contributed by atoms with Gasteiger partial charge in [0.2, 0.25) is 16.9 Å². The minimum Gasteiger partial charge on any atom is -0.335 e. The number of hydrogen-bond donors (Lipinski definition) is 3. The quantitative estimate of drug-likeness (QED) is 0.326. The third kappa shape index (κ3) is 4.20. The Bertz CT molecular complexity index is 1180. The highest BCUT2D eigenvalue weighted by molar-refractivity contribution is 7.99. The van der Waals surface area contributed by atoms with E-state index < -0.39 is 0 Å². The van der Waals surface area contributed by atoms with Crippen molar-refractivity contribution in [1.82, 2.24) is 25.1 Å². The Morgan fingerprint density at radius 2 is 1.93 bits per heavy atom. The van der Waals surface area contributed by atoms with Gasteiger partial charge in [0, 0.05) is 11.3 Å². The maximum absolute atomic E-state index is 12.3. The molecule has 0 atom stereocenters. The zero-order valence-electron chi connectivity index (χ0n) is 16.6. The van der Waals surface area contributed by atoms with Gasteiger partial charge in [-0.2, -0.15) is 5.10 Å². The molecule has 0 aliphatic heterocycles. The number of aryl methyl sites for hydroxylation is 2. The molecule has 0 fully saturated rings.